The van der Waals surface area contributed by atoms with E-state index in [0.29, 0.717) is 5.56 Å². The summed E-state index contributed by atoms with van der Waals surface area (Å²) in [5.74, 6) is 0. The number of rotatable bonds is 2. The molecule has 0 atom stereocenters. The van der Waals surface area contributed by atoms with Gasteiger partial charge in [0, 0.05) is 6.20 Å². The van der Waals surface area contributed by atoms with E-state index in [-0.39, 0.29) is 5.17 Å². The number of hydrogen-bond donors (Lipinski definition) is 1. The molecule has 0 aliphatic carbocycles. The molecular formula is C10H8ClN3O. The highest BCUT2D eigenvalue weighted by Crippen LogP contribution is 2.09. The van der Waals surface area contributed by atoms with Crippen LogP contribution in [-0.4, -0.2) is 20.2 Å². The normalized spacial score (nSPS) is 11.7. The molecule has 0 spiro atoms. The van der Waals surface area contributed by atoms with Gasteiger partial charge in [-0.15, -0.1) is 0 Å². The van der Waals surface area contributed by atoms with Gasteiger partial charge in [0.25, 0.3) is 0 Å². The second kappa shape index (κ2) is 4.14. The van der Waals surface area contributed by atoms with Gasteiger partial charge in [-0.2, -0.15) is 5.10 Å². The molecule has 0 bridgehead atoms. The Labute approximate surface area is 91.4 Å². The lowest BCUT2D eigenvalue weighted by molar-refractivity contribution is 0.321. The Morgan fingerprint density at radius 3 is 2.73 bits per heavy atom. The van der Waals surface area contributed by atoms with Crippen molar-refractivity contribution in [2.45, 2.75) is 0 Å². The monoisotopic (exact) mass is 221 g/mol. The van der Waals surface area contributed by atoms with Gasteiger partial charge in [0.1, 0.15) is 0 Å². The lowest BCUT2D eigenvalue weighted by atomic mass is 10.3. The van der Waals surface area contributed by atoms with Crippen molar-refractivity contribution in [1.82, 2.24) is 9.78 Å². The van der Waals surface area contributed by atoms with E-state index < -0.39 is 0 Å². The van der Waals surface area contributed by atoms with Crippen LogP contribution in [0.1, 0.15) is 5.56 Å². The molecule has 0 unspecified atom stereocenters. The van der Waals surface area contributed by atoms with E-state index >= 15 is 0 Å². The first-order valence-electron chi connectivity index (χ1n) is 4.29. The molecule has 2 rings (SSSR count). The van der Waals surface area contributed by atoms with Gasteiger partial charge >= 0.3 is 0 Å². The summed E-state index contributed by atoms with van der Waals surface area (Å²) in [5, 5.41) is 15.5. The maximum atomic E-state index is 8.49. The van der Waals surface area contributed by atoms with E-state index in [2.05, 4.69) is 10.3 Å². The maximum Gasteiger partial charge on any atom is 0.178 e. The average molecular weight is 222 g/mol. The summed E-state index contributed by atoms with van der Waals surface area (Å²) < 4.78 is 1.66. The second-order valence-electron chi connectivity index (χ2n) is 2.90. The van der Waals surface area contributed by atoms with Gasteiger partial charge in [-0.25, -0.2) is 4.68 Å². The van der Waals surface area contributed by atoms with Crippen LogP contribution in [0.15, 0.2) is 47.9 Å². The molecule has 2 aromatic rings. The van der Waals surface area contributed by atoms with Crippen molar-refractivity contribution in [3.63, 3.8) is 0 Å². The Kier molecular flexibility index (Phi) is 2.69. The summed E-state index contributed by atoms with van der Waals surface area (Å²) in [4.78, 5) is 0. The van der Waals surface area contributed by atoms with Crippen molar-refractivity contribution in [1.29, 1.82) is 0 Å². The summed E-state index contributed by atoms with van der Waals surface area (Å²) >= 11 is 5.64. The predicted molar refractivity (Wildman–Crippen MR) is 57.7 cm³/mol. The lowest BCUT2D eigenvalue weighted by Gasteiger charge is -1.98. The highest BCUT2D eigenvalue weighted by atomic mass is 35.5. The van der Waals surface area contributed by atoms with E-state index in [1.165, 1.54) is 6.20 Å². The topological polar surface area (TPSA) is 50.4 Å². The molecule has 0 aliphatic heterocycles. The van der Waals surface area contributed by atoms with Crippen LogP contribution >= 0.6 is 11.6 Å². The van der Waals surface area contributed by atoms with Gasteiger partial charge in [-0.1, -0.05) is 35.0 Å². The minimum absolute atomic E-state index is 0.0252. The van der Waals surface area contributed by atoms with Crippen LogP contribution in [0.3, 0.4) is 0 Å². The summed E-state index contributed by atoms with van der Waals surface area (Å²) in [6.45, 7) is 0. The van der Waals surface area contributed by atoms with E-state index in [1.807, 2.05) is 30.3 Å². The molecule has 1 N–H and O–H groups in total. The molecular weight excluding hydrogens is 214 g/mol. The molecule has 0 aliphatic rings. The number of halogens is 1. The van der Waals surface area contributed by atoms with Crippen molar-refractivity contribution in [2.75, 3.05) is 0 Å². The van der Waals surface area contributed by atoms with Crippen LogP contribution in [0.25, 0.3) is 5.69 Å². The minimum Gasteiger partial charge on any atom is -0.410 e. The SMILES string of the molecule is ON=C(Cl)c1cnn(-c2ccccc2)c1. The van der Waals surface area contributed by atoms with Crippen molar-refractivity contribution in [3.05, 3.63) is 48.3 Å². The third-order valence-corrected chi connectivity index (χ3v) is 2.22. The number of benzene rings is 1. The molecule has 15 heavy (non-hydrogen) atoms. The lowest BCUT2D eigenvalue weighted by Crippen LogP contribution is -1.93. The first-order valence-corrected chi connectivity index (χ1v) is 4.67. The van der Waals surface area contributed by atoms with E-state index in [0.717, 1.165) is 5.69 Å². The van der Waals surface area contributed by atoms with Crippen molar-refractivity contribution in [3.8, 4) is 5.69 Å². The van der Waals surface area contributed by atoms with Crippen molar-refractivity contribution < 1.29 is 5.21 Å². The highest BCUT2D eigenvalue weighted by Gasteiger charge is 2.04. The number of nitrogens with zero attached hydrogens (tertiary/aromatic N) is 3. The molecule has 1 aromatic heterocycles. The molecule has 0 fully saturated rings. The van der Waals surface area contributed by atoms with Gasteiger partial charge < -0.3 is 5.21 Å². The number of hydrogen-bond acceptors (Lipinski definition) is 3. The standard InChI is InChI=1S/C10H8ClN3O/c11-10(13-15)8-6-12-14(7-8)9-4-2-1-3-5-9/h1-7,15H. The third kappa shape index (κ3) is 1.99. The van der Waals surface area contributed by atoms with Crippen LogP contribution in [-0.2, 0) is 0 Å². The van der Waals surface area contributed by atoms with Gasteiger partial charge in [0.2, 0.25) is 0 Å². The average Bonchev–Trinajstić information content (AvgIpc) is 2.78. The molecule has 76 valence electrons. The highest BCUT2D eigenvalue weighted by molar-refractivity contribution is 6.69. The molecule has 0 saturated carbocycles. The smallest absolute Gasteiger partial charge is 0.178 e. The molecule has 5 heteroatoms. The fourth-order valence-electron chi connectivity index (χ4n) is 1.21. The first-order chi connectivity index (χ1) is 7.31. The fraction of sp³-hybridized carbons (Fsp3) is 0. The Hall–Kier alpha value is -1.81. The van der Waals surface area contributed by atoms with E-state index in [4.69, 9.17) is 16.8 Å². The number of para-hydroxylation sites is 1. The van der Waals surface area contributed by atoms with Crippen LogP contribution in [0.4, 0.5) is 0 Å². The summed E-state index contributed by atoms with van der Waals surface area (Å²) in [6, 6.07) is 9.59. The summed E-state index contributed by atoms with van der Waals surface area (Å²) in [6.07, 6.45) is 3.23. The quantitative estimate of drug-likeness (QED) is 0.480. The molecule has 0 radical (unpaired) electrons. The molecule has 4 nitrogen and oxygen atoms in total. The van der Waals surface area contributed by atoms with Crippen molar-refractivity contribution >= 4 is 16.8 Å². The van der Waals surface area contributed by atoms with Crippen LogP contribution in [0.5, 0.6) is 0 Å². The number of oxime groups is 1. The summed E-state index contributed by atoms with van der Waals surface area (Å²) in [5.41, 5.74) is 1.49. The molecule has 0 saturated heterocycles. The largest absolute Gasteiger partial charge is 0.410 e. The Balaban J connectivity index is 2.36. The Bertz CT molecular complexity index is 478. The zero-order valence-corrected chi connectivity index (χ0v) is 8.46. The zero-order chi connectivity index (χ0) is 10.7. The van der Waals surface area contributed by atoms with Gasteiger partial charge in [-0.3, -0.25) is 0 Å². The predicted octanol–water partition coefficient (Wildman–Crippen LogP) is 2.25. The zero-order valence-electron chi connectivity index (χ0n) is 7.71. The van der Waals surface area contributed by atoms with Gasteiger partial charge in [0.05, 0.1) is 17.4 Å². The summed E-state index contributed by atoms with van der Waals surface area (Å²) in [7, 11) is 0. The van der Waals surface area contributed by atoms with Crippen molar-refractivity contribution in [2.24, 2.45) is 5.16 Å². The molecule has 0 amide bonds. The molecule has 1 aromatic carbocycles. The molecule has 1 heterocycles. The van der Waals surface area contributed by atoms with Crippen LogP contribution in [0, 0.1) is 0 Å². The van der Waals surface area contributed by atoms with Crippen LogP contribution in [0.2, 0.25) is 0 Å². The van der Waals surface area contributed by atoms with Gasteiger partial charge in [0.15, 0.2) is 5.17 Å². The van der Waals surface area contributed by atoms with Crippen LogP contribution < -0.4 is 0 Å². The van der Waals surface area contributed by atoms with E-state index in [1.54, 1.807) is 10.9 Å². The van der Waals surface area contributed by atoms with Gasteiger partial charge in [-0.05, 0) is 12.1 Å². The fourth-order valence-corrected chi connectivity index (χ4v) is 1.31. The minimum atomic E-state index is 0.0252. The Morgan fingerprint density at radius 2 is 2.07 bits per heavy atom. The number of aromatic nitrogens is 2. The Morgan fingerprint density at radius 1 is 1.33 bits per heavy atom. The third-order valence-electron chi connectivity index (χ3n) is 1.93. The van der Waals surface area contributed by atoms with E-state index in [9.17, 15) is 0 Å². The maximum absolute atomic E-state index is 8.49. The first kappa shape index (κ1) is 9.73. The second-order valence-corrected chi connectivity index (χ2v) is 3.26.